The molecular formula is C26H34N2O7. The highest BCUT2D eigenvalue weighted by atomic mass is 16.3. The van der Waals surface area contributed by atoms with Crippen molar-refractivity contribution in [3.63, 3.8) is 0 Å². The lowest BCUT2D eigenvalue weighted by Gasteiger charge is -2.53. The first-order chi connectivity index (χ1) is 16.5. The maximum Gasteiger partial charge on any atom is 0.230 e. The number of amides is 1. The van der Waals surface area contributed by atoms with Gasteiger partial charge in [-0.15, -0.1) is 0 Å². The third-order valence-electron chi connectivity index (χ3n) is 8.12. The minimum atomic E-state index is -2.63. The van der Waals surface area contributed by atoms with E-state index < -0.39 is 58.7 Å². The largest absolute Gasteiger partial charge is 0.507 e. The first-order valence-corrected chi connectivity index (χ1v) is 12.2. The van der Waals surface area contributed by atoms with Gasteiger partial charge in [-0.3, -0.25) is 14.4 Å². The number of phenols is 1. The van der Waals surface area contributed by atoms with Crippen LogP contribution in [0.3, 0.4) is 0 Å². The number of aliphatic hydroxyl groups is 3. The summed E-state index contributed by atoms with van der Waals surface area (Å²) in [5.74, 6) is -7.19. The Morgan fingerprint density at radius 2 is 1.89 bits per heavy atom. The van der Waals surface area contributed by atoms with Crippen LogP contribution in [0.15, 0.2) is 17.7 Å². The van der Waals surface area contributed by atoms with Crippen LogP contribution in [-0.4, -0.2) is 74.6 Å². The van der Waals surface area contributed by atoms with Crippen LogP contribution in [0.1, 0.15) is 49.3 Å². The van der Waals surface area contributed by atoms with Crippen molar-refractivity contribution >= 4 is 23.2 Å². The Hall–Kier alpha value is -2.75. The molecule has 4 rings (SSSR count). The average molecular weight is 487 g/mol. The lowest BCUT2D eigenvalue weighted by molar-refractivity contribution is -0.184. The summed E-state index contributed by atoms with van der Waals surface area (Å²) in [4.78, 5) is 40.7. The summed E-state index contributed by atoms with van der Waals surface area (Å²) in [5, 5.41) is 44.3. The Labute approximate surface area is 204 Å². The predicted molar refractivity (Wildman–Crippen MR) is 127 cm³/mol. The van der Waals surface area contributed by atoms with E-state index in [1.54, 1.807) is 19.0 Å². The smallest absolute Gasteiger partial charge is 0.230 e. The first kappa shape index (κ1) is 25.3. The molecule has 0 heterocycles. The number of aromatic hydroxyl groups is 1. The minimum Gasteiger partial charge on any atom is -0.507 e. The monoisotopic (exact) mass is 486 g/mol. The fraction of sp³-hybridized carbons (Fsp3) is 0.577. The lowest BCUT2D eigenvalue weighted by atomic mass is 9.54. The highest BCUT2D eigenvalue weighted by Crippen LogP contribution is 2.52. The Kier molecular flexibility index (Phi) is 6.54. The second-order valence-corrected chi connectivity index (χ2v) is 10.3. The standard InChI is InChI=1S/C26H34N2O7/c1-4-5-6-7-12-8-9-16(29)18-14(12)10-13-11-15-20(28(2)3)22(31)19(25(27)34)24(33)26(15,35)23(32)17(13)21(18)30/h8-9,13,15,19-20,22,29-31,35H,4-7,10-11H2,1-3H3,(H2,27,34)/t13-,15-,19?,20-,22?,26-/m0/s1. The van der Waals surface area contributed by atoms with E-state index in [1.807, 2.05) is 6.07 Å². The maximum atomic E-state index is 13.8. The number of benzene rings is 1. The zero-order valence-electron chi connectivity index (χ0n) is 20.3. The van der Waals surface area contributed by atoms with Crippen LogP contribution in [0.2, 0.25) is 0 Å². The van der Waals surface area contributed by atoms with Crippen LogP contribution in [0.5, 0.6) is 5.75 Å². The third-order valence-corrected chi connectivity index (χ3v) is 8.12. The molecule has 1 aromatic rings. The van der Waals surface area contributed by atoms with Gasteiger partial charge in [0, 0.05) is 17.5 Å². The molecule has 2 fully saturated rings. The second kappa shape index (κ2) is 9.04. The maximum absolute atomic E-state index is 13.8. The van der Waals surface area contributed by atoms with E-state index in [1.165, 1.54) is 6.07 Å². The van der Waals surface area contributed by atoms with Gasteiger partial charge in [0.2, 0.25) is 11.7 Å². The third kappa shape index (κ3) is 3.68. The van der Waals surface area contributed by atoms with Crippen molar-refractivity contribution in [3.8, 4) is 5.75 Å². The summed E-state index contributed by atoms with van der Waals surface area (Å²) >= 11 is 0. The number of hydrogen-bond donors (Lipinski definition) is 5. The van der Waals surface area contributed by atoms with Gasteiger partial charge in [0.15, 0.2) is 11.4 Å². The number of carbonyl (C=O) groups excluding carboxylic acids is 3. The number of rotatable bonds is 6. The predicted octanol–water partition coefficient (Wildman–Crippen LogP) is 0.862. The summed E-state index contributed by atoms with van der Waals surface area (Å²) in [5.41, 5.74) is 4.52. The molecule has 0 saturated heterocycles. The average Bonchev–Trinajstić information content (AvgIpc) is 2.77. The van der Waals surface area contributed by atoms with Crippen molar-refractivity contribution < 1.29 is 34.8 Å². The number of phenolic OH excluding ortho intramolecular Hbond substituents is 1. The normalized spacial score (nSPS) is 32.3. The molecule has 6 N–H and O–H groups in total. The number of fused-ring (bicyclic) bond motifs is 3. The van der Waals surface area contributed by atoms with Crippen LogP contribution < -0.4 is 5.73 Å². The molecule has 0 aromatic heterocycles. The number of likely N-dealkylation sites (N-methyl/N-ethyl adjacent to an activating group) is 1. The van der Waals surface area contributed by atoms with E-state index >= 15 is 0 Å². The van der Waals surface area contributed by atoms with Crippen molar-refractivity contribution in [2.45, 2.75) is 63.2 Å². The molecule has 0 spiro atoms. The fourth-order valence-electron chi connectivity index (χ4n) is 6.47. The number of hydrogen-bond acceptors (Lipinski definition) is 8. The molecule has 190 valence electrons. The summed E-state index contributed by atoms with van der Waals surface area (Å²) in [6.07, 6.45) is 2.75. The number of unbranched alkanes of at least 4 members (excludes halogenated alkanes) is 2. The minimum absolute atomic E-state index is 0.122. The number of primary amides is 1. The van der Waals surface area contributed by atoms with Crippen LogP contribution in [0, 0.1) is 17.8 Å². The van der Waals surface area contributed by atoms with E-state index in [9.17, 15) is 34.8 Å². The number of ketones is 2. The van der Waals surface area contributed by atoms with E-state index in [4.69, 9.17) is 5.73 Å². The van der Waals surface area contributed by atoms with E-state index in [0.717, 1.165) is 36.8 Å². The number of nitrogens with two attached hydrogens (primary N) is 1. The number of aryl methyl sites for hydroxylation is 1. The lowest BCUT2D eigenvalue weighted by Crippen LogP contribution is -2.73. The SMILES string of the molecule is CCCCCc1ccc(O)c2c1C[C@H]1C[C@H]3[C@H](N(C)C)C(O)C(C(N)=O)C(=O)[C@@]3(O)C(=O)C1=C2O. The topological polar surface area (TPSA) is 161 Å². The van der Waals surface area contributed by atoms with Crippen LogP contribution in [-0.2, 0) is 27.2 Å². The molecule has 1 aromatic carbocycles. The molecule has 3 aliphatic carbocycles. The Bertz CT molecular complexity index is 1110. The van der Waals surface area contributed by atoms with E-state index in [-0.39, 0.29) is 23.3 Å². The summed E-state index contributed by atoms with van der Waals surface area (Å²) in [7, 11) is 3.27. The molecule has 9 heteroatoms. The van der Waals surface area contributed by atoms with Crippen molar-refractivity contribution in [2.75, 3.05) is 14.1 Å². The summed E-state index contributed by atoms with van der Waals surface area (Å²) in [6.45, 7) is 2.10. The molecule has 0 bridgehead atoms. The van der Waals surface area contributed by atoms with Crippen molar-refractivity contribution in [1.29, 1.82) is 0 Å². The number of carbonyl (C=O) groups is 3. The van der Waals surface area contributed by atoms with Gasteiger partial charge in [-0.1, -0.05) is 25.8 Å². The molecular weight excluding hydrogens is 452 g/mol. The van der Waals surface area contributed by atoms with Gasteiger partial charge >= 0.3 is 0 Å². The van der Waals surface area contributed by atoms with Crippen molar-refractivity contribution in [2.24, 2.45) is 23.5 Å². The highest BCUT2D eigenvalue weighted by molar-refractivity contribution is 6.25. The van der Waals surface area contributed by atoms with Gasteiger partial charge in [0.25, 0.3) is 0 Å². The van der Waals surface area contributed by atoms with Gasteiger partial charge in [-0.25, -0.2) is 0 Å². The zero-order valence-corrected chi connectivity index (χ0v) is 20.3. The first-order valence-electron chi connectivity index (χ1n) is 12.2. The fourth-order valence-corrected chi connectivity index (χ4v) is 6.47. The van der Waals surface area contributed by atoms with Gasteiger partial charge in [0.05, 0.1) is 11.7 Å². The molecule has 3 aliphatic rings. The zero-order chi connectivity index (χ0) is 25.8. The van der Waals surface area contributed by atoms with Gasteiger partial charge < -0.3 is 31.1 Å². The molecule has 9 nitrogen and oxygen atoms in total. The highest BCUT2D eigenvalue weighted by Gasteiger charge is 2.67. The summed E-state index contributed by atoms with van der Waals surface area (Å²) in [6, 6.07) is 2.42. The molecule has 35 heavy (non-hydrogen) atoms. The Morgan fingerprint density at radius 1 is 1.20 bits per heavy atom. The molecule has 1 amide bonds. The quantitative estimate of drug-likeness (QED) is 0.292. The van der Waals surface area contributed by atoms with Crippen LogP contribution in [0.25, 0.3) is 5.76 Å². The van der Waals surface area contributed by atoms with E-state index in [2.05, 4.69) is 6.92 Å². The van der Waals surface area contributed by atoms with Gasteiger partial charge in [-0.05, 0) is 62.9 Å². The van der Waals surface area contributed by atoms with E-state index in [0.29, 0.717) is 6.42 Å². The molecule has 2 unspecified atom stereocenters. The van der Waals surface area contributed by atoms with Crippen molar-refractivity contribution in [3.05, 3.63) is 34.4 Å². The Balaban J connectivity index is 1.86. The number of Topliss-reactive ketones (excluding diaryl/α,β-unsaturated/α-hetero) is 2. The van der Waals surface area contributed by atoms with Crippen LogP contribution >= 0.6 is 0 Å². The summed E-state index contributed by atoms with van der Waals surface area (Å²) < 4.78 is 0. The Morgan fingerprint density at radius 3 is 2.49 bits per heavy atom. The van der Waals surface area contributed by atoms with Crippen molar-refractivity contribution in [1.82, 2.24) is 4.90 Å². The number of nitrogens with zero attached hydrogens (tertiary/aromatic N) is 1. The molecule has 0 aliphatic heterocycles. The van der Waals surface area contributed by atoms with Crippen LogP contribution in [0.4, 0.5) is 0 Å². The molecule has 0 radical (unpaired) electrons. The molecule has 6 atom stereocenters. The number of aliphatic hydroxyl groups excluding tert-OH is 2. The van der Waals surface area contributed by atoms with Gasteiger partial charge in [0.1, 0.15) is 17.4 Å². The second-order valence-electron chi connectivity index (χ2n) is 10.3. The molecule has 2 saturated carbocycles. The van der Waals surface area contributed by atoms with Gasteiger partial charge in [-0.2, -0.15) is 0 Å².